The van der Waals surface area contributed by atoms with Gasteiger partial charge in [-0.15, -0.1) is 0 Å². The maximum absolute atomic E-state index is 12.6. The van der Waals surface area contributed by atoms with Crippen LogP contribution in [0, 0.1) is 0 Å². The van der Waals surface area contributed by atoms with Crippen molar-refractivity contribution >= 4 is 22.1 Å². The van der Waals surface area contributed by atoms with Gasteiger partial charge in [0.2, 0.25) is 10.0 Å². The average molecular weight is 387 g/mol. The summed E-state index contributed by atoms with van der Waals surface area (Å²) in [5, 5.41) is 3.92. The Hall–Kier alpha value is -2.71. The van der Waals surface area contributed by atoms with Crippen LogP contribution in [0.15, 0.2) is 58.5 Å². The third kappa shape index (κ3) is 4.53. The van der Waals surface area contributed by atoms with E-state index in [9.17, 15) is 13.2 Å². The van der Waals surface area contributed by atoms with E-state index in [-0.39, 0.29) is 10.5 Å². The van der Waals surface area contributed by atoms with Gasteiger partial charge in [0.05, 0.1) is 18.2 Å². The van der Waals surface area contributed by atoms with Gasteiger partial charge < -0.3 is 4.74 Å². The molecule has 3 rings (SSSR count). The lowest BCUT2D eigenvalue weighted by molar-refractivity contribution is 0.0955. The van der Waals surface area contributed by atoms with Crippen LogP contribution in [0.3, 0.4) is 0 Å². The fraction of sp³-hybridized carbons (Fsp3) is 0.263. The Bertz CT molecular complexity index is 934. The third-order valence-electron chi connectivity index (χ3n) is 4.29. The molecule has 0 aromatic heterocycles. The van der Waals surface area contributed by atoms with Crippen LogP contribution in [-0.4, -0.2) is 45.0 Å². The Balaban J connectivity index is 1.68. The first-order chi connectivity index (χ1) is 13.0. The Labute approximate surface area is 158 Å². The average Bonchev–Trinajstić information content (AvgIpc) is 3.24. The summed E-state index contributed by atoms with van der Waals surface area (Å²) in [6.07, 6.45) is 3.22. The molecular formula is C19H21N3O4S. The molecule has 2 aromatic rings. The molecule has 0 saturated carbocycles. The SMILES string of the molecule is COc1ccc(C=NNC(=O)c2cccc(S(=O)(=O)N3CCCC3)c2)cc1. The largest absolute Gasteiger partial charge is 0.497 e. The molecule has 2 aromatic carbocycles. The van der Waals surface area contributed by atoms with Crippen molar-refractivity contribution in [3.8, 4) is 5.75 Å². The lowest BCUT2D eigenvalue weighted by Gasteiger charge is -2.15. The molecule has 1 saturated heterocycles. The van der Waals surface area contributed by atoms with E-state index in [0.717, 1.165) is 24.2 Å². The number of hydrogen-bond donors (Lipinski definition) is 1. The van der Waals surface area contributed by atoms with Crippen molar-refractivity contribution < 1.29 is 17.9 Å². The van der Waals surface area contributed by atoms with Crippen molar-refractivity contribution in [2.24, 2.45) is 5.10 Å². The van der Waals surface area contributed by atoms with Crippen molar-refractivity contribution in [1.29, 1.82) is 0 Å². The normalized spacial score (nSPS) is 15.1. The van der Waals surface area contributed by atoms with Crippen LogP contribution < -0.4 is 10.2 Å². The number of amides is 1. The number of hydrogen-bond acceptors (Lipinski definition) is 5. The maximum Gasteiger partial charge on any atom is 0.271 e. The number of rotatable bonds is 6. The second-order valence-corrected chi connectivity index (χ2v) is 8.05. The van der Waals surface area contributed by atoms with E-state index in [1.54, 1.807) is 43.5 Å². The van der Waals surface area contributed by atoms with Gasteiger partial charge in [-0.3, -0.25) is 4.79 Å². The molecule has 1 aliphatic heterocycles. The van der Waals surface area contributed by atoms with Crippen molar-refractivity contribution in [2.45, 2.75) is 17.7 Å². The van der Waals surface area contributed by atoms with Gasteiger partial charge in [-0.2, -0.15) is 9.41 Å². The van der Waals surface area contributed by atoms with Crippen LogP contribution in [0.4, 0.5) is 0 Å². The first-order valence-electron chi connectivity index (χ1n) is 8.58. The molecule has 8 heteroatoms. The van der Waals surface area contributed by atoms with Crippen LogP contribution in [0.5, 0.6) is 5.75 Å². The van der Waals surface area contributed by atoms with Gasteiger partial charge in [-0.25, -0.2) is 13.8 Å². The molecule has 1 amide bonds. The third-order valence-corrected chi connectivity index (χ3v) is 6.19. The summed E-state index contributed by atoms with van der Waals surface area (Å²) in [7, 11) is -1.98. The highest BCUT2D eigenvalue weighted by Crippen LogP contribution is 2.21. The summed E-state index contributed by atoms with van der Waals surface area (Å²) in [5.74, 6) is 0.255. The molecule has 0 unspecified atom stereocenters. The van der Waals surface area contributed by atoms with E-state index < -0.39 is 15.9 Å². The lowest BCUT2D eigenvalue weighted by Crippen LogP contribution is -2.28. The summed E-state index contributed by atoms with van der Waals surface area (Å²) in [6, 6.07) is 13.2. The van der Waals surface area contributed by atoms with Gasteiger partial charge in [0.15, 0.2) is 0 Å². The fourth-order valence-corrected chi connectivity index (χ4v) is 4.36. The Kier molecular flexibility index (Phi) is 5.88. The quantitative estimate of drug-likeness (QED) is 0.608. The maximum atomic E-state index is 12.6. The minimum Gasteiger partial charge on any atom is -0.497 e. The molecule has 1 heterocycles. The number of nitrogens with one attached hydrogen (secondary N) is 1. The molecule has 1 fully saturated rings. The number of carbonyl (C=O) groups excluding carboxylic acids is 1. The van der Waals surface area contributed by atoms with Crippen LogP contribution in [0.2, 0.25) is 0 Å². The van der Waals surface area contributed by atoms with Crippen molar-refractivity contribution in [3.63, 3.8) is 0 Å². The molecule has 0 radical (unpaired) electrons. The number of sulfonamides is 1. The van der Waals surface area contributed by atoms with E-state index in [4.69, 9.17) is 4.74 Å². The lowest BCUT2D eigenvalue weighted by atomic mass is 10.2. The summed E-state index contributed by atoms with van der Waals surface area (Å²) in [5.41, 5.74) is 3.45. The fourth-order valence-electron chi connectivity index (χ4n) is 2.80. The van der Waals surface area contributed by atoms with Crippen LogP contribution >= 0.6 is 0 Å². The van der Waals surface area contributed by atoms with E-state index in [1.165, 1.54) is 22.7 Å². The summed E-state index contributed by atoms with van der Waals surface area (Å²) >= 11 is 0. The van der Waals surface area contributed by atoms with Gasteiger partial charge in [0, 0.05) is 18.7 Å². The van der Waals surface area contributed by atoms with E-state index in [0.29, 0.717) is 13.1 Å². The first-order valence-corrected chi connectivity index (χ1v) is 10.0. The zero-order valence-corrected chi connectivity index (χ0v) is 15.8. The zero-order valence-electron chi connectivity index (χ0n) is 15.0. The van der Waals surface area contributed by atoms with E-state index in [2.05, 4.69) is 10.5 Å². The first kappa shape index (κ1) is 19.1. The second kappa shape index (κ2) is 8.32. The number of hydrazone groups is 1. The monoisotopic (exact) mass is 387 g/mol. The number of nitrogens with zero attached hydrogens (tertiary/aromatic N) is 2. The molecule has 0 atom stereocenters. The molecule has 1 aliphatic rings. The Morgan fingerprint density at radius 2 is 1.85 bits per heavy atom. The number of ether oxygens (including phenoxy) is 1. The van der Waals surface area contributed by atoms with E-state index >= 15 is 0 Å². The predicted molar refractivity (Wildman–Crippen MR) is 102 cm³/mol. The molecule has 142 valence electrons. The Morgan fingerprint density at radius 1 is 1.15 bits per heavy atom. The van der Waals surface area contributed by atoms with Crippen molar-refractivity contribution in [2.75, 3.05) is 20.2 Å². The minimum atomic E-state index is -3.56. The molecule has 7 nitrogen and oxygen atoms in total. The standard InChI is InChI=1S/C19H21N3O4S/c1-26-17-9-7-15(8-10-17)14-20-21-19(23)16-5-4-6-18(13-16)27(24,25)22-11-2-3-12-22/h4-10,13-14H,2-3,11-12H2,1H3,(H,21,23). The molecule has 27 heavy (non-hydrogen) atoms. The molecule has 0 bridgehead atoms. The topological polar surface area (TPSA) is 88.1 Å². The zero-order chi connectivity index (χ0) is 19.3. The number of methoxy groups -OCH3 is 1. The van der Waals surface area contributed by atoms with Gasteiger partial charge in [-0.05, 0) is 60.9 Å². The van der Waals surface area contributed by atoms with Crippen molar-refractivity contribution in [3.05, 3.63) is 59.7 Å². The van der Waals surface area contributed by atoms with Crippen molar-refractivity contribution in [1.82, 2.24) is 9.73 Å². The van der Waals surface area contributed by atoms with Gasteiger partial charge in [-0.1, -0.05) is 6.07 Å². The van der Waals surface area contributed by atoms with Crippen LogP contribution in [-0.2, 0) is 10.0 Å². The smallest absolute Gasteiger partial charge is 0.271 e. The van der Waals surface area contributed by atoms with Crippen LogP contribution in [0.25, 0.3) is 0 Å². The van der Waals surface area contributed by atoms with Crippen LogP contribution in [0.1, 0.15) is 28.8 Å². The molecule has 1 N–H and O–H groups in total. The Morgan fingerprint density at radius 3 is 2.52 bits per heavy atom. The van der Waals surface area contributed by atoms with Gasteiger partial charge >= 0.3 is 0 Å². The molecule has 0 aliphatic carbocycles. The second-order valence-electron chi connectivity index (χ2n) is 6.11. The summed E-state index contributed by atoms with van der Waals surface area (Å²) in [4.78, 5) is 12.4. The predicted octanol–water partition coefficient (Wildman–Crippen LogP) is 2.24. The highest BCUT2D eigenvalue weighted by atomic mass is 32.2. The number of benzene rings is 2. The highest BCUT2D eigenvalue weighted by Gasteiger charge is 2.27. The highest BCUT2D eigenvalue weighted by molar-refractivity contribution is 7.89. The van der Waals surface area contributed by atoms with Gasteiger partial charge in [0.25, 0.3) is 5.91 Å². The van der Waals surface area contributed by atoms with Gasteiger partial charge in [0.1, 0.15) is 5.75 Å². The minimum absolute atomic E-state index is 0.121. The number of carbonyl (C=O) groups is 1. The summed E-state index contributed by atoms with van der Waals surface area (Å²) < 4.78 is 31.8. The van der Waals surface area contributed by atoms with E-state index in [1.807, 2.05) is 0 Å². The molecular weight excluding hydrogens is 366 g/mol. The molecule has 0 spiro atoms. The summed E-state index contributed by atoms with van der Waals surface area (Å²) in [6.45, 7) is 1.04.